The molecule has 0 aliphatic heterocycles. The van der Waals surface area contributed by atoms with Crippen LogP contribution < -0.4 is 11.1 Å². The summed E-state index contributed by atoms with van der Waals surface area (Å²) in [5.74, 6) is 0.742. The van der Waals surface area contributed by atoms with E-state index in [-0.39, 0.29) is 0 Å². The van der Waals surface area contributed by atoms with Crippen LogP contribution in [0.5, 0.6) is 0 Å². The molecule has 0 saturated carbocycles. The van der Waals surface area contributed by atoms with Crippen LogP contribution in [0.25, 0.3) is 0 Å². The first-order chi connectivity index (χ1) is 7.65. The Bertz CT molecular complexity index is 469. The summed E-state index contributed by atoms with van der Waals surface area (Å²) in [5.41, 5.74) is 7.64. The lowest BCUT2D eigenvalue weighted by molar-refractivity contribution is 0.765. The van der Waals surface area contributed by atoms with Crippen LogP contribution in [-0.2, 0) is 20.5 Å². The standard InChI is InChI=1S/C10H16N6/c1-15-6-8(5-13-15)3-4-12-10-9(11)7-16(2)14-10/h5-7H,3-4,11H2,1-2H3,(H,12,14). The molecule has 3 N–H and O–H groups in total. The number of rotatable bonds is 4. The molecule has 0 radical (unpaired) electrons. The quantitative estimate of drug-likeness (QED) is 0.781. The van der Waals surface area contributed by atoms with Crippen LogP contribution in [-0.4, -0.2) is 26.1 Å². The molecule has 0 atom stereocenters. The Morgan fingerprint density at radius 1 is 1.31 bits per heavy atom. The van der Waals surface area contributed by atoms with Crippen LogP contribution in [0.15, 0.2) is 18.6 Å². The second-order valence-corrected chi connectivity index (χ2v) is 3.81. The average molecular weight is 220 g/mol. The van der Waals surface area contributed by atoms with Crippen molar-refractivity contribution < 1.29 is 0 Å². The normalized spacial score (nSPS) is 10.6. The SMILES string of the molecule is Cn1cc(CCNc2nn(C)cc2N)cn1. The number of nitrogen functional groups attached to an aromatic ring is 1. The van der Waals surface area contributed by atoms with Crippen LogP contribution in [0, 0.1) is 0 Å². The molecule has 6 nitrogen and oxygen atoms in total. The third-order valence-electron chi connectivity index (χ3n) is 2.32. The second kappa shape index (κ2) is 4.26. The number of hydrogen-bond donors (Lipinski definition) is 2. The number of hydrogen-bond acceptors (Lipinski definition) is 4. The molecule has 0 spiro atoms. The topological polar surface area (TPSA) is 73.7 Å². The van der Waals surface area contributed by atoms with Gasteiger partial charge in [0.15, 0.2) is 5.82 Å². The molecule has 0 amide bonds. The maximum absolute atomic E-state index is 5.76. The largest absolute Gasteiger partial charge is 0.394 e. The summed E-state index contributed by atoms with van der Waals surface area (Å²) in [6, 6.07) is 0. The fraction of sp³-hybridized carbons (Fsp3) is 0.400. The zero-order chi connectivity index (χ0) is 11.5. The zero-order valence-corrected chi connectivity index (χ0v) is 9.51. The molecule has 2 heterocycles. The van der Waals surface area contributed by atoms with E-state index in [2.05, 4.69) is 15.5 Å². The highest BCUT2D eigenvalue weighted by Gasteiger charge is 2.03. The molecule has 0 aromatic carbocycles. The van der Waals surface area contributed by atoms with Crippen LogP contribution in [0.2, 0.25) is 0 Å². The van der Waals surface area contributed by atoms with E-state index in [1.165, 1.54) is 5.56 Å². The van der Waals surface area contributed by atoms with Crippen molar-refractivity contribution in [1.82, 2.24) is 19.6 Å². The third-order valence-corrected chi connectivity index (χ3v) is 2.32. The van der Waals surface area contributed by atoms with E-state index >= 15 is 0 Å². The summed E-state index contributed by atoms with van der Waals surface area (Å²) < 4.78 is 3.49. The number of nitrogens with zero attached hydrogens (tertiary/aromatic N) is 4. The molecule has 0 fully saturated rings. The van der Waals surface area contributed by atoms with E-state index in [1.54, 1.807) is 15.6 Å². The van der Waals surface area contributed by atoms with Crippen molar-refractivity contribution in [2.24, 2.45) is 14.1 Å². The first-order valence-electron chi connectivity index (χ1n) is 5.15. The molecule has 0 unspecified atom stereocenters. The van der Waals surface area contributed by atoms with Crippen LogP contribution in [0.1, 0.15) is 5.56 Å². The molecular weight excluding hydrogens is 204 g/mol. The van der Waals surface area contributed by atoms with Gasteiger partial charge in [-0.05, 0) is 12.0 Å². The summed E-state index contributed by atoms with van der Waals surface area (Å²) in [5, 5.41) is 11.5. The van der Waals surface area contributed by atoms with Crippen molar-refractivity contribution in [1.29, 1.82) is 0 Å². The van der Waals surface area contributed by atoms with Crippen LogP contribution >= 0.6 is 0 Å². The average Bonchev–Trinajstić information content (AvgIpc) is 2.74. The monoisotopic (exact) mass is 220 g/mol. The van der Waals surface area contributed by atoms with E-state index in [1.807, 2.05) is 26.5 Å². The Hall–Kier alpha value is -1.98. The summed E-state index contributed by atoms with van der Waals surface area (Å²) in [6.07, 6.45) is 6.56. The predicted molar refractivity (Wildman–Crippen MR) is 63.0 cm³/mol. The molecular formula is C10H16N6. The van der Waals surface area contributed by atoms with E-state index in [0.29, 0.717) is 5.69 Å². The number of nitrogens with one attached hydrogen (secondary N) is 1. The van der Waals surface area contributed by atoms with Gasteiger partial charge < -0.3 is 11.1 Å². The summed E-state index contributed by atoms with van der Waals surface area (Å²) in [6.45, 7) is 0.799. The maximum Gasteiger partial charge on any atom is 0.171 e. The highest BCUT2D eigenvalue weighted by atomic mass is 15.3. The van der Waals surface area contributed by atoms with Gasteiger partial charge in [0.25, 0.3) is 0 Å². The van der Waals surface area contributed by atoms with Crippen molar-refractivity contribution in [3.8, 4) is 0 Å². The van der Waals surface area contributed by atoms with E-state index < -0.39 is 0 Å². The van der Waals surface area contributed by atoms with E-state index in [4.69, 9.17) is 5.73 Å². The molecule has 0 aliphatic rings. The maximum atomic E-state index is 5.76. The summed E-state index contributed by atoms with van der Waals surface area (Å²) in [7, 11) is 3.76. The lowest BCUT2D eigenvalue weighted by atomic mass is 10.2. The first kappa shape index (κ1) is 10.5. The Kier molecular flexibility index (Phi) is 2.80. The molecule has 0 bridgehead atoms. The Morgan fingerprint density at radius 3 is 2.69 bits per heavy atom. The highest BCUT2D eigenvalue weighted by molar-refractivity contribution is 5.59. The zero-order valence-electron chi connectivity index (χ0n) is 9.51. The van der Waals surface area contributed by atoms with Gasteiger partial charge in [0.2, 0.25) is 0 Å². The van der Waals surface area contributed by atoms with Crippen LogP contribution in [0.4, 0.5) is 11.5 Å². The van der Waals surface area contributed by atoms with Crippen molar-refractivity contribution in [3.05, 3.63) is 24.2 Å². The smallest absolute Gasteiger partial charge is 0.171 e. The Morgan fingerprint density at radius 2 is 2.12 bits per heavy atom. The number of aryl methyl sites for hydroxylation is 2. The predicted octanol–water partition coefficient (Wildman–Crippen LogP) is 0.390. The minimum atomic E-state index is 0.675. The minimum Gasteiger partial charge on any atom is -0.394 e. The molecule has 2 aromatic rings. The summed E-state index contributed by atoms with van der Waals surface area (Å²) in [4.78, 5) is 0. The molecule has 0 aliphatic carbocycles. The molecule has 16 heavy (non-hydrogen) atoms. The van der Waals surface area contributed by atoms with Gasteiger partial charge in [0.05, 0.1) is 11.9 Å². The lowest BCUT2D eigenvalue weighted by Gasteiger charge is -2.01. The molecule has 6 heteroatoms. The number of nitrogens with two attached hydrogens (primary N) is 1. The van der Waals surface area contributed by atoms with Gasteiger partial charge in [-0.3, -0.25) is 9.36 Å². The Labute approximate surface area is 94.1 Å². The van der Waals surface area contributed by atoms with Gasteiger partial charge >= 0.3 is 0 Å². The van der Waals surface area contributed by atoms with Crippen molar-refractivity contribution >= 4 is 11.5 Å². The molecule has 86 valence electrons. The van der Waals surface area contributed by atoms with E-state index in [0.717, 1.165) is 18.8 Å². The van der Waals surface area contributed by atoms with Crippen LogP contribution in [0.3, 0.4) is 0 Å². The second-order valence-electron chi connectivity index (χ2n) is 3.81. The van der Waals surface area contributed by atoms with Gasteiger partial charge in [0.1, 0.15) is 0 Å². The van der Waals surface area contributed by atoms with Crippen molar-refractivity contribution in [3.63, 3.8) is 0 Å². The van der Waals surface area contributed by atoms with Gasteiger partial charge in [0, 0.05) is 33.0 Å². The van der Waals surface area contributed by atoms with Gasteiger partial charge in [-0.25, -0.2) is 0 Å². The number of anilines is 2. The minimum absolute atomic E-state index is 0.675. The molecule has 2 aromatic heterocycles. The fourth-order valence-corrected chi connectivity index (χ4v) is 1.57. The van der Waals surface area contributed by atoms with Gasteiger partial charge in [-0.15, -0.1) is 0 Å². The summed E-state index contributed by atoms with van der Waals surface area (Å²) >= 11 is 0. The van der Waals surface area contributed by atoms with Gasteiger partial charge in [-0.1, -0.05) is 0 Å². The highest BCUT2D eigenvalue weighted by Crippen LogP contribution is 2.13. The fourth-order valence-electron chi connectivity index (χ4n) is 1.57. The number of aromatic nitrogens is 4. The van der Waals surface area contributed by atoms with E-state index in [9.17, 15) is 0 Å². The molecule has 2 rings (SSSR count). The van der Waals surface area contributed by atoms with Gasteiger partial charge in [-0.2, -0.15) is 10.2 Å². The Balaban J connectivity index is 1.86. The third kappa shape index (κ3) is 2.33. The van der Waals surface area contributed by atoms with Crippen molar-refractivity contribution in [2.75, 3.05) is 17.6 Å². The lowest BCUT2D eigenvalue weighted by Crippen LogP contribution is -2.06. The van der Waals surface area contributed by atoms with Crippen molar-refractivity contribution in [2.45, 2.75) is 6.42 Å². The first-order valence-corrected chi connectivity index (χ1v) is 5.15. The molecule has 0 saturated heterocycles.